The van der Waals surface area contributed by atoms with Crippen molar-refractivity contribution in [2.45, 2.75) is 129 Å². The van der Waals surface area contributed by atoms with Crippen LogP contribution in [0.1, 0.15) is 129 Å². The number of benzene rings is 1. The van der Waals surface area contributed by atoms with Crippen molar-refractivity contribution in [2.75, 3.05) is 0 Å². The van der Waals surface area contributed by atoms with Crippen LogP contribution in [0.2, 0.25) is 0 Å². The molecule has 0 amide bonds. The number of ether oxygens (including phenoxy) is 1. The maximum Gasteiger partial charge on any atom is 0.303 e. The van der Waals surface area contributed by atoms with Gasteiger partial charge in [-0.25, -0.2) is 0 Å². The Bertz CT molecular complexity index is 596. The molecule has 0 fully saturated rings. The highest BCUT2D eigenvalue weighted by Gasteiger charge is 2.40. The van der Waals surface area contributed by atoms with Gasteiger partial charge in [0.1, 0.15) is 0 Å². The molecule has 0 aromatic heterocycles. The number of esters is 1. The van der Waals surface area contributed by atoms with E-state index in [0.29, 0.717) is 6.42 Å². The largest absolute Gasteiger partial charge is 0.446 e. The zero-order valence-corrected chi connectivity index (χ0v) is 20.4. The van der Waals surface area contributed by atoms with E-state index in [0.717, 1.165) is 18.4 Å². The van der Waals surface area contributed by atoms with Crippen molar-refractivity contribution in [2.24, 2.45) is 0 Å². The minimum Gasteiger partial charge on any atom is -0.446 e. The molecule has 0 aliphatic carbocycles. The number of carbonyl (C=O) groups excluding carboxylic acids is 2. The van der Waals surface area contributed by atoms with E-state index in [1.807, 2.05) is 30.3 Å². The summed E-state index contributed by atoms with van der Waals surface area (Å²) in [5.74, 6) is -0.501. The summed E-state index contributed by atoms with van der Waals surface area (Å²) in [6, 6.07) is 9.47. The fraction of sp³-hybridized carbons (Fsp3) is 0.714. The van der Waals surface area contributed by atoms with Crippen LogP contribution in [-0.4, -0.2) is 11.8 Å². The van der Waals surface area contributed by atoms with Crippen molar-refractivity contribution in [1.82, 2.24) is 0 Å². The molecule has 1 atom stereocenters. The lowest BCUT2D eigenvalue weighted by Gasteiger charge is -2.31. The van der Waals surface area contributed by atoms with Crippen LogP contribution in [0.4, 0.5) is 0 Å². The number of rotatable bonds is 19. The van der Waals surface area contributed by atoms with E-state index in [-0.39, 0.29) is 5.78 Å². The summed E-state index contributed by atoms with van der Waals surface area (Å²) in [6.45, 7) is 5.18. The number of carbonyl (C=O) groups is 2. The number of unbranched alkanes of at least 4 members (excludes halogenated alkanes) is 14. The van der Waals surface area contributed by atoms with Gasteiger partial charge in [-0.15, -0.1) is 0 Å². The van der Waals surface area contributed by atoms with Crippen molar-refractivity contribution in [3.8, 4) is 0 Å². The van der Waals surface area contributed by atoms with Crippen LogP contribution in [0, 0.1) is 0 Å². The average Bonchev–Trinajstić information content (AvgIpc) is 2.75. The summed E-state index contributed by atoms with van der Waals surface area (Å²) in [4.78, 5) is 24.2. The molecule has 1 unspecified atom stereocenters. The first-order valence-electron chi connectivity index (χ1n) is 12.8. The van der Waals surface area contributed by atoms with Gasteiger partial charge in [-0.1, -0.05) is 127 Å². The minimum absolute atomic E-state index is 0.0979. The fourth-order valence-corrected chi connectivity index (χ4v) is 4.40. The molecule has 0 saturated carbocycles. The van der Waals surface area contributed by atoms with Gasteiger partial charge in [0.05, 0.1) is 0 Å². The van der Waals surface area contributed by atoms with E-state index in [1.54, 1.807) is 0 Å². The Labute approximate surface area is 191 Å². The Morgan fingerprint density at radius 2 is 1.10 bits per heavy atom. The molecule has 0 spiro atoms. The minimum atomic E-state index is -1.14. The molecule has 1 aromatic rings. The van der Waals surface area contributed by atoms with E-state index < -0.39 is 11.6 Å². The molecule has 176 valence electrons. The van der Waals surface area contributed by atoms with Gasteiger partial charge < -0.3 is 4.74 Å². The molecule has 0 saturated heterocycles. The lowest BCUT2D eigenvalue weighted by atomic mass is 9.84. The van der Waals surface area contributed by atoms with Crippen LogP contribution >= 0.6 is 0 Å². The van der Waals surface area contributed by atoms with Crippen LogP contribution in [0.25, 0.3) is 0 Å². The average molecular weight is 431 g/mol. The van der Waals surface area contributed by atoms with Gasteiger partial charge in [-0.3, -0.25) is 9.59 Å². The molecule has 1 aromatic carbocycles. The molecule has 0 bridgehead atoms. The predicted molar refractivity (Wildman–Crippen MR) is 130 cm³/mol. The number of hydrogen-bond acceptors (Lipinski definition) is 3. The molecule has 3 nitrogen and oxygen atoms in total. The molecular weight excluding hydrogens is 384 g/mol. The summed E-state index contributed by atoms with van der Waals surface area (Å²) in [6.07, 6.45) is 20.1. The summed E-state index contributed by atoms with van der Waals surface area (Å²) in [7, 11) is 0. The SMILES string of the molecule is CCCCCCCCCCCCCCCCCC(OC(C)=O)(C(C)=O)c1ccccc1. The first-order valence-corrected chi connectivity index (χ1v) is 12.8. The van der Waals surface area contributed by atoms with Crippen molar-refractivity contribution in [1.29, 1.82) is 0 Å². The van der Waals surface area contributed by atoms with Crippen molar-refractivity contribution in [3.63, 3.8) is 0 Å². The Balaban J connectivity index is 2.19. The Morgan fingerprint density at radius 3 is 1.48 bits per heavy atom. The van der Waals surface area contributed by atoms with Crippen LogP contribution in [0.15, 0.2) is 30.3 Å². The molecule has 0 heterocycles. The maximum atomic E-state index is 12.5. The van der Waals surface area contributed by atoms with Gasteiger partial charge in [0.2, 0.25) is 0 Å². The molecule has 0 aliphatic heterocycles. The highest BCUT2D eigenvalue weighted by atomic mass is 16.6. The van der Waals surface area contributed by atoms with Crippen molar-refractivity contribution < 1.29 is 14.3 Å². The van der Waals surface area contributed by atoms with Gasteiger partial charge >= 0.3 is 5.97 Å². The molecule has 0 aliphatic rings. The Morgan fingerprint density at radius 1 is 0.677 bits per heavy atom. The van der Waals surface area contributed by atoms with Crippen LogP contribution in [0.3, 0.4) is 0 Å². The summed E-state index contributed by atoms with van der Waals surface area (Å²) in [5.41, 5.74) is -0.355. The first kappa shape index (κ1) is 27.4. The van der Waals surface area contributed by atoms with Gasteiger partial charge in [0.25, 0.3) is 0 Å². The normalized spacial score (nSPS) is 13.0. The van der Waals surface area contributed by atoms with Gasteiger partial charge in [0.15, 0.2) is 11.4 Å². The van der Waals surface area contributed by atoms with Gasteiger partial charge in [-0.05, 0) is 19.8 Å². The maximum absolute atomic E-state index is 12.5. The van der Waals surface area contributed by atoms with E-state index in [9.17, 15) is 9.59 Å². The zero-order valence-electron chi connectivity index (χ0n) is 20.4. The Hall–Kier alpha value is -1.64. The monoisotopic (exact) mass is 430 g/mol. The molecule has 1 rings (SSSR count). The highest BCUT2D eigenvalue weighted by molar-refractivity contribution is 5.88. The van der Waals surface area contributed by atoms with E-state index in [1.165, 1.54) is 97.3 Å². The highest BCUT2D eigenvalue weighted by Crippen LogP contribution is 2.33. The van der Waals surface area contributed by atoms with E-state index in [4.69, 9.17) is 4.74 Å². The smallest absolute Gasteiger partial charge is 0.303 e. The summed E-state index contributed by atoms with van der Waals surface area (Å²) >= 11 is 0. The second-order valence-electron chi connectivity index (χ2n) is 9.04. The predicted octanol–water partition coefficient (Wildman–Crippen LogP) is 8.30. The molecule has 0 N–H and O–H groups in total. The third-order valence-corrected chi connectivity index (χ3v) is 6.26. The van der Waals surface area contributed by atoms with Gasteiger partial charge in [0, 0.05) is 12.5 Å². The number of ketones is 1. The van der Waals surface area contributed by atoms with Crippen molar-refractivity contribution >= 4 is 11.8 Å². The number of hydrogen-bond donors (Lipinski definition) is 0. The summed E-state index contributed by atoms with van der Waals surface area (Å²) < 4.78 is 5.62. The second kappa shape index (κ2) is 17.0. The van der Waals surface area contributed by atoms with Crippen LogP contribution < -0.4 is 0 Å². The molecule has 31 heavy (non-hydrogen) atoms. The lowest BCUT2D eigenvalue weighted by molar-refractivity contribution is -0.167. The quantitative estimate of drug-likeness (QED) is 0.164. The van der Waals surface area contributed by atoms with Gasteiger partial charge in [-0.2, -0.15) is 0 Å². The lowest BCUT2D eigenvalue weighted by Crippen LogP contribution is -2.39. The first-order chi connectivity index (χ1) is 15.0. The van der Waals surface area contributed by atoms with Crippen molar-refractivity contribution in [3.05, 3.63) is 35.9 Å². The topological polar surface area (TPSA) is 43.4 Å². The molecule has 0 radical (unpaired) electrons. The standard InChI is InChI=1S/C28H46O3/c1-4-5-6-7-8-9-10-11-12-13-14-15-16-17-21-24-28(25(2)29,31-26(3)30)27-22-19-18-20-23-27/h18-20,22-23H,4-17,21,24H2,1-3H3. The Kier molecular flexibility index (Phi) is 15.0. The summed E-state index contributed by atoms with van der Waals surface area (Å²) in [5, 5.41) is 0. The van der Waals surface area contributed by atoms with E-state index >= 15 is 0 Å². The van der Waals surface area contributed by atoms with Crippen LogP contribution in [-0.2, 0) is 19.9 Å². The second-order valence-corrected chi connectivity index (χ2v) is 9.04. The molecular formula is C28H46O3. The zero-order chi connectivity index (χ0) is 22.8. The fourth-order valence-electron chi connectivity index (χ4n) is 4.40. The van der Waals surface area contributed by atoms with Crippen LogP contribution in [0.5, 0.6) is 0 Å². The third-order valence-electron chi connectivity index (χ3n) is 6.26. The van der Waals surface area contributed by atoms with E-state index in [2.05, 4.69) is 6.92 Å². The molecule has 3 heteroatoms. The number of Topliss-reactive ketones (excluding diaryl/α,β-unsaturated/α-hetero) is 1. The third kappa shape index (κ3) is 11.5.